The molecule has 0 radical (unpaired) electrons. The second kappa shape index (κ2) is 6.85. The lowest BCUT2D eigenvalue weighted by molar-refractivity contribution is 0.0230. The van der Waals surface area contributed by atoms with Crippen LogP contribution in [0.2, 0.25) is 0 Å². The van der Waals surface area contributed by atoms with Crippen molar-refractivity contribution in [3.8, 4) is 0 Å². The summed E-state index contributed by atoms with van der Waals surface area (Å²) in [7, 11) is 0. The summed E-state index contributed by atoms with van der Waals surface area (Å²) in [6.45, 7) is 0. The highest BCUT2D eigenvalue weighted by molar-refractivity contribution is 5.97. The first-order valence-electron chi connectivity index (χ1n) is 6.23. The molecule has 0 aliphatic heterocycles. The van der Waals surface area contributed by atoms with Gasteiger partial charge in [-0.05, 0) is 12.1 Å². The average molecular weight is 316 g/mol. The number of amides is 3. The highest BCUT2D eigenvalue weighted by atomic mass is 16.7. The fourth-order valence-corrected chi connectivity index (χ4v) is 1.52. The van der Waals surface area contributed by atoms with Crippen LogP contribution in [-0.4, -0.2) is 27.9 Å². The molecule has 6 N–H and O–H groups in total. The number of aromatic nitrogens is 2. The van der Waals surface area contributed by atoms with Gasteiger partial charge in [-0.15, -0.1) is 0 Å². The topological polar surface area (TPSA) is 162 Å². The van der Waals surface area contributed by atoms with Gasteiger partial charge in [-0.1, -0.05) is 18.2 Å². The number of hydrogen-bond acceptors (Lipinski definition) is 7. The van der Waals surface area contributed by atoms with E-state index < -0.39 is 17.9 Å². The standard InChI is InChI=1S/C13H12N6O4/c14-9-8(6-16-13(17-9)18-12(15)22)11(21)23-19-10(20)7-4-2-1-3-5-7/h1-6H,(H,19,20)(H5,14,15,16,17,18,22). The largest absolute Gasteiger partial charge is 0.383 e. The Kier molecular flexibility index (Phi) is 4.67. The van der Waals surface area contributed by atoms with Gasteiger partial charge in [0.1, 0.15) is 11.4 Å². The molecule has 10 heteroatoms. The van der Waals surface area contributed by atoms with Gasteiger partial charge in [0, 0.05) is 11.8 Å². The molecule has 0 saturated carbocycles. The number of hydrogen-bond donors (Lipinski definition) is 4. The number of nitrogens with two attached hydrogens (primary N) is 2. The number of carbonyl (C=O) groups is 3. The molecule has 0 bridgehead atoms. The maximum atomic E-state index is 11.8. The first-order chi connectivity index (χ1) is 11.0. The summed E-state index contributed by atoms with van der Waals surface area (Å²) in [5, 5.41) is 2.10. The molecular weight excluding hydrogens is 304 g/mol. The van der Waals surface area contributed by atoms with E-state index in [1.165, 1.54) is 0 Å². The van der Waals surface area contributed by atoms with Crippen molar-refractivity contribution in [2.75, 3.05) is 11.1 Å². The quantitative estimate of drug-likeness (QED) is 0.581. The van der Waals surface area contributed by atoms with Gasteiger partial charge in [-0.3, -0.25) is 10.1 Å². The molecular formula is C13H12N6O4. The van der Waals surface area contributed by atoms with Crippen LogP contribution in [0.25, 0.3) is 0 Å². The molecule has 1 heterocycles. The Hall–Kier alpha value is -3.69. The van der Waals surface area contributed by atoms with Gasteiger partial charge in [0.15, 0.2) is 0 Å². The Labute approximate surface area is 129 Å². The second-order valence-corrected chi connectivity index (χ2v) is 4.17. The Balaban J connectivity index is 2.01. The summed E-state index contributed by atoms with van der Waals surface area (Å²) in [5.74, 6) is -1.98. The fourth-order valence-electron chi connectivity index (χ4n) is 1.52. The van der Waals surface area contributed by atoms with Gasteiger partial charge in [0.05, 0.1) is 0 Å². The van der Waals surface area contributed by atoms with Gasteiger partial charge in [0.2, 0.25) is 5.95 Å². The summed E-state index contributed by atoms with van der Waals surface area (Å²) in [5.41, 5.74) is 12.6. The van der Waals surface area contributed by atoms with Crippen molar-refractivity contribution in [3.05, 3.63) is 47.7 Å². The Bertz CT molecular complexity index is 749. The highest BCUT2D eigenvalue weighted by Crippen LogP contribution is 2.11. The predicted molar refractivity (Wildman–Crippen MR) is 79.0 cm³/mol. The molecule has 2 rings (SSSR count). The van der Waals surface area contributed by atoms with Crippen molar-refractivity contribution >= 4 is 29.7 Å². The molecule has 10 nitrogen and oxygen atoms in total. The molecule has 0 fully saturated rings. The first-order valence-corrected chi connectivity index (χ1v) is 6.23. The number of carbonyl (C=O) groups excluding carboxylic acids is 3. The van der Waals surface area contributed by atoms with E-state index in [1.807, 2.05) is 5.48 Å². The zero-order valence-electron chi connectivity index (χ0n) is 11.6. The number of nitrogen functional groups attached to an aromatic ring is 1. The maximum absolute atomic E-state index is 11.8. The van der Waals surface area contributed by atoms with Gasteiger partial charge in [-0.25, -0.2) is 14.6 Å². The summed E-state index contributed by atoms with van der Waals surface area (Å²) in [6.07, 6.45) is 1.03. The maximum Gasteiger partial charge on any atom is 0.368 e. The molecule has 0 spiro atoms. The zero-order chi connectivity index (χ0) is 16.8. The molecule has 0 saturated heterocycles. The lowest BCUT2D eigenvalue weighted by Crippen LogP contribution is -2.28. The normalized spacial score (nSPS) is 9.74. The van der Waals surface area contributed by atoms with Gasteiger partial charge in [0.25, 0.3) is 5.91 Å². The number of urea groups is 1. The van der Waals surface area contributed by atoms with Crippen LogP contribution >= 0.6 is 0 Å². The van der Waals surface area contributed by atoms with E-state index in [4.69, 9.17) is 11.5 Å². The van der Waals surface area contributed by atoms with Crippen LogP contribution in [0.15, 0.2) is 36.5 Å². The molecule has 0 atom stereocenters. The predicted octanol–water partition coefficient (Wildman–Crippen LogP) is 0.0512. The lowest BCUT2D eigenvalue weighted by atomic mass is 10.2. The van der Waals surface area contributed by atoms with Crippen LogP contribution in [0.5, 0.6) is 0 Å². The monoisotopic (exact) mass is 316 g/mol. The molecule has 0 aliphatic carbocycles. The van der Waals surface area contributed by atoms with Crippen molar-refractivity contribution in [2.24, 2.45) is 5.73 Å². The van der Waals surface area contributed by atoms with Crippen LogP contribution in [0, 0.1) is 0 Å². The SMILES string of the molecule is NC(=O)Nc1ncc(C(=O)ONC(=O)c2ccccc2)c(N)n1. The van der Waals surface area contributed by atoms with E-state index in [9.17, 15) is 14.4 Å². The molecule has 23 heavy (non-hydrogen) atoms. The smallest absolute Gasteiger partial charge is 0.368 e. The number of rotatable bonds is 3. The molecule has 3 amide bonds. The Morgan fingerprint density at radius 2 is 1.83 bits per heavy atom. The van der Waals surface area contributed by atoms with E-state index in [-0.39, 0.29) is 17.3 Å². The molecule has 0 aliphatic rings. The van der Waals surface area contributed by atoms with E-state index in [2.05, 4.69) is 20.1 Å². The van der Waals surface area contributed by atoms with Crippen LogP contribution in [-0.2, 0) is 4.84 Å². The average Bonchev–Trinajstić information content (AvgIpc) is 2.52. The number of hydroxylamine groups is 1. The molecule has 2 aromatic rings. The van der Waals surface area contributed by atoms with Crippen LogP contribution in [0.4, 0.5) is 16.6 Å². The van der Waals surface area contributed by atoms with Crippen molar-refractivity contribution < 1.29 is 19.2 Å². The number of anilines is 2. The summed E-state index contributed by atoms with van der Waals surface area (Å²) in [6, 6.07) is 7.27. The first kappa shape index (κ1) is 15.7. The van der Waals surface area contributed by atoms with Crippen molar-refractivity contribution in [1.82, 2.24) is 15.4 Å². The summed E-state index contributed by atoms with van der Waals surface area (Å²) in [4.78, 5) is 46.2. The van der Waals surface area contributed by atoms with E-state index in [0.717, 1.165) is 6.20 Å². The Morgan fingerprint density at radius 1 is 1.13 bits per heavy atom. The highest BCUT2D eigenvalue weighted by Gasteiger charge is 2.16. The Morgan fingerprint density at radius 3 is 2.43 bits per heavy atom. The minimum absolute atomic E-state index is 0.167. The van der Waals surface area contributed by atoms with Crippen LogP contribution in [0.3, 0.4) is 0 Å². The molecule has 1 aromatic heterocycles. The van der Waals surface area contributed by atoms with Gasteiger partial charge >= 0.3 is 12.0 Å². The fraction of sp³-hybridized carbons (Fsp3) is 0. The molecule has 0 unspecified atom stereocenters. The van der Waals surface area contributed by atoms with Gasteiger partial charge < -0.3 is 16.3 Å². The minimum atomic E-state index is -0.961. The third-order valence-electron chi connectivity index (χ3n) is 2.55. The van der Waals surface area contributed by atoms with E-state index in [0.29, 0.717) is 5.56 Å². The zero-order valence-corrected chi connectivity index (χ0v) is 11.6. The minimum Gasteiger partial charge on any atom is -0.383 e. The van der Waals surface area contributed by atoms with Gasteiger partial charge in [-0.2, -0.15) is 10.5 Å². The van der Waals surface area contributed by atoms with Crippen molar-refractivity contribution in [2.45, 2.75) is 0 Å². The summed E-state index contributed by atoms with van der Waals surface area (Å²) < 4.78 is 0. The van der Waals surface area contributed by atoms with Crippen molar-refractivity contribution in [1.29, 1.82) is 0 Å². The van der Waals surface area contributed by atoms with Crippen LogP contribution < -0.4 is 22.3 Å². The lowest BCUT2D eigenvalue weighted by Gasteiger charge is -2.07. The number of nitrogens with zero attached hydrogens (tertiary/aromatic N) is 2. The molecule has 118 valence electrons. The van der Waals surface area contributed by atoms with Crippen LogP contribution in [0.1, 0.15) is 20.7 Å². The summed E-state index contributed by atoms with van der Waals surface area (Å²) >= 11 is 0. The number of primary amides is 1. The number of nitrogens with one attached hydrogen (secondary N) is 2. The van der Waals surface area contributed by atoms with E-state index >= 15 is 0 Å². The third kappa shape index (κ3) is 4.14. The number of benzene rings is 1. The second-order valence-electron chi connectivity index (χ2n) is 4.17. The molecule has 1 aromatic carbocycles. The third-order valence-corrected chi connectivity index (χ3v) is 2.55. The van der Waals surface area contributed by atoms with Crippen molar-refractivity contribution in [3.63, 3.8) is 0 Å². The van der Waals surface area contributed by atoms with E-state index in [1.54, 1.807) is 30.3 Å².